The second-order valence-electron chi connectivity index (χ2n) is 10.00. The Labute approximate surface area is 206 Å². The maximum absolute atomic E-state index is 12.9. The third-order valence-electron chi connectivity index (χ3n) is 7.88. The average molecular weight is 484 g/mol. The van der Waals surface area contributed by atoms with Gasteiger partial charge < -0.3 is 25.4 Å². The van der Waals surface area contributed by atoms with Crippen molar-refractivity contribution in [2.75, 3.05) is 13.6 Å². The van der Waals surface area contributed by atoms with Crippen molar-refractivity contribution in [3.63, 3.8) is 0 Å². The van der Waals surface area contributed by atoms with Gasteiger partial charge in [0.2, 0.25) is 5.91 Å². The molecule has 1 aliphatic carbocycles. The predicted molar refractivity (Wildman–Crippen MR) is 136 cm³/mol. The molecule has 0 unspecified atom stereocenters. The van der Waals surface area contributed by atoms with Crippen molar-refractivity contribution in [1.29, 1.82) is 0 Å². The molecule has 0 radical (unpaired) electrons. The first-order valence-corrected chi connectivity index (χ1v) is 12.3. The Bertz CT molecular complexity index is 1120. The maximum Gasteiger partial charge on any atom is 0.328 e. The average Bonchev–Trinajstić information content (AvgIpc) is 3.14. The summed E-state index contributed by atoms with van der Waals surface area (Å²) in [5, 5.41) is 20.5. The number of aromatic nitrogens is 1. The molecule has 1 aromatic carbocycles. The minimum Gasteiger partial charge on any atom is -0.478 e. The van der Waals surface area contributed by atoms with Crippen LogP contribution in [-0.4, -0.2) is 63.6 Å². The Kier molecular flexibility index (Phi) is 8.05. The summed E-state index contributed by atoms with van der Waals surface area (Å²) in [6, 6.07) is 7.41. The van der Waals surface area contributed by atoms with E-state index in [0.717, 1.165) is 32.2 Å². The van der Waals surface area contributed by atoms with E-state index in [2.05, 4.69) is 68.1 Å². The first-order valence-electron chi connectivity index (χ1n) is 12.3. The molecule has 1 fully saturated rings. The van der Waals surface area contributed by atoms with Gasteiger partial charge in [0.05, 0.1) is 0 Å². The lowest BCUT2D eigenvalue weighted by molar-refractivity contribution is -0.134. The number of likely N-dealkylation sites (tertiary alicyclic amines) is 1. The van der Waals surface area contributed by atoms with Crippen molar-refractivity contribution in [1.82, 2.24) is 15.2 Å². The van der Waals surface area contributed by atoms with Gasteiger partial charge >= 0.3 is 11.9 Å². The number of carboxylic acids is 2. The van der Waals surface area contributed by atoms with Crippen LogP contribution in [0.2, 0.25) is 0 Å². The number of hydrogen-bond acceptors (Lipinski definition) is 4. The van der Waals surface area contributed by atoms with Crippen LogP contribution >= 0.6 is 0 Å². The summed E-state index contributed by atoms with van der Waals surface area (Å²) in [4.78, 5) is 38.1. The molecule has 2 aliphatic rings. The number of benzene rings is 1. The number of piperidine rings is 1. The molecular formula is C27H37N3O5. The van der Waals surface area contributed by atoms with Crippen molar-refractivity contribution in [2.45, 2.75) is 71.4 Å². The number of aromatic amines is 1. The fourth-order valence-electron chi connectivity index (χ4n) is 5.39. The van der Waals surface area contributed by atoms with E-state index in [1.54, 1.807) is 0 Å². The Morgan fingerprint density at radius 2 is 1.80 bits per heavy atom. The van der Waals surface area contributed by atoms with Crippen molar-refractivity contribution in [2.24, 2.45) is 5.41 Å². The third kappa shape index (κ3) is 5.59. The summed E-state index contributed by atoms with van der Waals surface area (Å²) in [6.45, 7) is 9.45. The zero-order chi connectivity index (χ0) is 25.9. The Hall–Kier alpha value is -3.13. The summed E-state index contributed by atoms with van der Waals surface area (Å²) in [6.07, 6.45) is 5.02. The van der Waals surface area contributed by atoms with Crippen LogP contribution in [0.5, 0.6) is 0 Å². The lowest BCUT2D eigenvalue weighted by atomic mass is 9.73. The number of rotatable bonds is 6. The van der Waals surface area contributed by atoms with Crippen LogP contribution in [0.3, 0.4) is 0 Å². The molecule has 0 spiro atoms. The van der Waals surface area contributed by atoms with E-state index in [1.165, 1.54) is 27.7 Å². The molecule has 8 heteroatoms. The number of nitrogens with zero attached hydrogens (tertiary/aromatic N) is 1. The van der Waals surface area contributed by atoms with E-state index in [0.29, 0.717) is 24.1 Å². The monoisotopic (exact) mass is 483 g/mol. The summed E-state index contributed by atoms with van der Waals surface area (Å²) in [7, 11) is 2.22. The van der Waals surface area contributed by atoms with Crippen LogP contribution < -0.4 is 5.32 Å². The second kappa shape index (κ2) is 10.6. The van der Waals surface area contributed by atoms with Gasteiger partial charge in [-0.15, -0.1) is 0 Å². The van der Waals surface area contributed by atoms with Crippen molar-refractivity contribution < 1.29 is 24.6 Å². The molecule has 2 aromatic rings. The molecule has 190 valence electrons. The van der Waals surface area contributed by atoms with Crippen molar-refractivity contribution in [3.8, 4) is 0 Å². The van der Waals surface area contributed by atoms with Crippen LogP contribution in [-0.2, 0) is 20.8 Å². The Morgan fingerprint density at radius 3 is 2.37 bits per heavy atom. The highest BCUT2D eigenvalue weighted by atomic mass is 16.4. The van der Waals surface area contributed by atoms with Crippen LogP contribution in [0.15, 0.2) is 30.4 Å². The van der Waals surface area contributed by atoms with Gasteiger partial charge in [0.15, 0.2) is 0 Å². The van der Waals surface area contributed by atoms with Gasteiger partial charge in [-0.1, -0.05) is 32.9 Å². The number of nitrogens with one attached hydrogen (secondary N) is 2. The van der Waals surface area contributed by atoms with Crippen LogP contribution in [0.1, 0.15) is 62.8 Å². The van der Waals surface area contributed by atoms with Gasteiger partial charge in [-0.2, -0.15) is 0 Å². The van der Waals surface area contributed by atoms with Gasteiger partial charge in [0.25, 0.3) is 0 Å². The van der Waals surface area contributed by atoms with E-state index in [1.807, 2.05) is 0 Å². The van der Waals surface area contributed by atoms with E-state index in [4.69, 9.17) is 10.2 Å². The fourth-order valence-corrected chi connectivity index (χ4v) is 5.39. The van der Waals surface area contributed by atoms with Gasteiger partial charge in [-0.3, -0.25) is 4.79 Å². The Balaban J connectivity index is 0.000000371. The zero-order valence-corrected chi connectivity index (χ0v) is 21.2. The standard InChI is InChI=1S/C23H33N3O.C4H4O4/c1-6-23(4,7-2)22(27)25-15-11-18-16-9-8-10-19-21(16)17(14(3)24-19)12-20(18)26(5)13-15;5-3(6)1-2-4(7)8/h8-10,15,18,20,24H,6-7,11-13H2,1-5H3,(H,25,27);1-2H,(H,5,6)(H,7,8)/b;2-1-/t15-,18+,20+;/m0./s1. The fraction of sp³-hybridized carbons (Fsp3) is 0.519. The third-order valence-corrected chi connectivity index (χ3v) is 7.88. The largest absolute Gasteiger partial charge is 0.478 e. The molecule has 1 aromatic heterocycles. The molecule has 35 heavy (non-hydrogen) atoms. The van der Waals surface area contributed by atoms with E-state index in [-0.39, 0.29) is 17.4 Å². The predicted octanol–water partition coefficient (Wildman–Crippen LogP) is 3.84. The number of carboxylic acid groups (broad SMARTS) is 2. The number of fused-ring (bicyclic) bond motifs is 2. The quantitative estimate of drug-likeness (QED) is 0.463. The van der Waals surface area contributed by atoms with Gasteiger partial charge in [-0.05, 0) is 56.8 Å². The van der Waals surface area contributed by atoms with Crippen LogP contribution in [0, 0.1) is 12.3 Å². The topological polar surface area (TPSA) is 123 Å². The maximum atomic E-state index is 12.9. The summed E-state index contributed by atoms with van der Waals surface area (Å²) >= 11 is 0. The molecule has 4 N–H and O–H groups in total. The first-order chi connectivity index (χ1) is 16.5. The number of H-pyrrole nitrogens is 1. The molecule has 0 bridgehead atoms. The van der Waals surface area contributed by atoms with E-state index < -0.39 is 11.9 Å². The van der Waals surface area contributed by atoms with Crippen LogP contribution in [0.4, 0.5) is 0 Å². The van der Waals surface area contributed by atoms with Crippen LogP contribution in [0.25, 0.3) is 10.9 Å². The number of amides is 1. The SMILES string of the molecule is CCC(C)(CC)C(=O)N[C@H]1C[C@@H]2c3cccc4[nH]c(C)c(c34)C[C@H]2N(C)C1.O=C(O)/C=C\C(=O)O. The second-order valence-corrected chi connectivity index (χ2v) is 10.00. The first kappa shape index (κ1) is 26.5. The van der Waals surface area contributed by atoms with E-state index >= 15 is 0 Å². The molecule has 3 atom stereocenters. The molecule has 1 amide bonds. The lowest BCUT2D eigenvalue weighted by Gasteiger charge is -2.46. The zero-order valence-electron chi connectivity index (χ0n) is 21.2. The van der Waals surface area contributed by atoms with Gasteiger partial charge in [0, 0.05) is 58.7 Å². The molecule has 1 saturated heterocycles. The number of carbonyl (C=O) groups is 3. The Morgan fingerprint density at radius 1 is 1.17 bits per heavy atom. The molecule has 0 saturated carbocycles. The number of carbonyl (C=O) groups excluding carboxylic acids is 1. The minimum atomic E-state index is -1.26. The molecule has 4 rings (SSSR count). The number of aliphatic carboxylic acids is 2. The minimum absolute atomic E-state index is 0.219. The van der Waals surface area contributed by atoms with Crippen molar-refractivity contribution in [3.05, 3.63) is 47.2 Å². The van der Waals surface area contributed by atoms with Gasteiger partial charge in [-0.25, -0.2) is 9.59 Å². The van der Waals surface area contributed by atoms with Crippen molar-refractivity contribution >= 4 is 28.7 Å². The molecular weight excluding hydrogens is 446 g/mol. The number of hydrogen-bond donors (Lipinski definition) is 4. The normalized spacial score (nSPS) is 21.8. The smallest absolute Gasteiger partial charge is 0.328 e. The highest BCUT2D eigenvalue weighted by Crippen LogP contribution is 2.44. The molecule has 1 aliphatic heterocycles. The highest BCUT2D eigenvalue weighted by Gasteiger charge is 2.41. The highest BCUT2D eigenvalue weighted by molar-refractivity contribution is 5.90. The summed E-state index contributed by atoms with van der Waals surface area (Å²) in [5.41, 5.74) is 5.26. The number of aryl methyl sites for hydroxylation is 1. The van der Waals surface area contributed by atoms with Gasteiger partial charge in [0.1, 0.15) is 0 Å². The summed E-state index contributed by atoms with van der Waals surface area (Å²) < 4.78 is 0. The lowest BCUT2D eigenvalue weighted by Crippen LogP contribution is -2.56. The van der Waals surface area contributed by atoms with E-state index in [9.17, 15) is 14.4 Å². The number of likely N-dealkylation sites (N-methyl/N-ethyl adjacent to an activating group) is 1. The molecule has 8 nitrogen and oxygen atoms in total. The summed E-state index contributed by atoms with van der Waals surface area (Å²) in [5.74, 6) is -1.81. The molecule has 2 heterocycles.